The Bertz CT molecular complexity index is 154. The molecule has 1 saturated heterocycles. The Morgan fingerprint density at radius 3 is 2.83 bits per heavy atom. The number of amides is 1. The fourth-order valence-corrected chi connectivity index (χ4v) is 1.36. The van der Waals surface area contributed by atoms with Crippen LogP contribution in [-0.4, -0.2) is 36.2 Å². The van der Waals surface area contributed by atoms with E-state index in [4.69, 9.17) is 5.11 Å². The fraction of sp³-hybridized carbons (Fsp3) is 0.857. The first kappa shape index (κ1) is 11.7. The van der Waals surface area contributed by atoms with Crippen molar-refractivity contribution in [2.75, 3.05) is 13.2 Å². The van der Waals surface area contributed by atoms with E-state index in [0.29, 0.717) is 0 Å². The minimum absolute atomic E-state index is 0. The molecule has 0 bridgehead atoms. The highest BCUT2D eigenvalue weighted by Gasteiger charge is 2.23. The lowest BCUT2D eigenvalue weighted by molar-refractivity contribution is -0.119. The Morgan fingerprint density at radius 2 is 2.42 bits per heavy atom. The monoisotopic (exact) mass is 194 g/mol. The van der Waals surface area contributed by atoms with Crippen LogP contribution in [-0.2, 0) is 4.79 Å². The number of carbonyl (C=O) groups is 1. The van der Waals surface area contributed by atoms with Crippen LogP contribution in [0.5, 0.6) is 0 Å². The Kier molecular flexibility index (Phi) is 5.20. The van der Waals surface area contributed by atoms with Crippen molar-refractivity contribution in [1.29, 1.82) is 0 Å². The van der Waals surface area contributed by atoms with Crippen molar-refractivity contribution in [3.63, 3.8) is 0 Å². The van der Waals surface area contributed by atoms with Crippen LogP contribution >= 0.6 is 12.4 Å². The fourth-order valence-electron chi connectivity index (χ4n) is 1.36. The van der Waals surface area contributed by atoms with Gasteiger partial charge in [-0.2, -0.15) is 0 Å². The molecule has 0 spiro atoms. The zero-order chi connectivity index (χ0) is 8.27. The maximum absolute atomic E-state index is 10.6. The molecule has 0 aliphatic carbocycles. The summed E-state index contributed by atoms with van der Waals surface area (Å²) in [6.07, 6.45) is 0.829. The molecule has 0 radical (unpaired) electrons. The molecule has 1 rings (SSSR count). The molecule has 0 unspecified atom stereocenters. The number of hydrogen-bond acceptors (Lipinski definition) is 3. The van der Waals surface area contributed by atoms with Crippen molar-refractivity contribution in [1.82, 2.24) is 10.6 Å². The number of halogens is 1. The quantitative estimate of drug-likeness (QED) is 0.543. The predicted molar refractivity (Wildman–Crippen MR) is 48.3 cm³/mol. The molecule has 12 heavy (non-hydrogen) atoms. The smallest absolute Gasteiger partial charge is 0.217 e. The number of nitrogens with one attached hydrogen (secondary N) is 2. The number of carbonyl (C=O) groups excluding carboxylic acids is 1. The van der Waals surface area contributed by atoms with Gasteiger partial charge in [-0.05, 0) is 6.42 Å². The number of hydrogen-bond donors (Lipinski definition) is 3. The van der Waals surface area contributed by atoms with Gasteiger partial charge in [0.05, 0.1) is 6.61 Å². The Hall–Kier alpha value is -0.320. The highest BCUT2D eigenvalue weighted by Crippen LogP contribution is 2.04. The highest BCUT2D eigenvalue weighted by atomic mass is 35.5. The maximum atomic E-state index is 10.6. The van der Waals surface area contributed by atoms with Gasteiger partial charge < -0.3 is 15.7 Å². The zero-order valence-electron chi connectivity index (χ0n) is 7.04. The lowest BCUT2D eigenvalue weighted by Crippen LogP contribution is -2.34. The van der Waals surface area contributed by atoms with Crippen LogP contribution < -0.4 is 10.6 Å². The molecule has 1 amide bonds. The van der Waals surface area contributed by atoms with Gasteiger partial charge in [-0.1, -0.05) is 0 Å². The van der Waals surface area contributed by atoms with E-state index in [1.165, 1.54) is 6.92 Å². The lowest BCUT2D eigenvalue weighted by atomic mass is 10.2. The van der Waals surface area contributed by atoms with Crippen LogP contribution in [0.25, 0.3) is 0 Å². The van der Waals surface area contributed by atoms with Gasteiger partial charge in [0.2, 0.25) is 5.91 Å². The summed E-state index contributed by atoms with van der Waals surface area (Å²) in [5.74, 6) is -0.00427. The van der Waals surface area contributed by atoms with Crippen LogP contribution in [0.3, 0.4) is 0 Å². The Morgan fingerprint density at radius 1 is 1.75 bits per heavy atom. The second-order valence-corrected chi connectivity index (χ2v) is 2.92. The summed E-state index contributed by atoms with van der Waals surface area (Å²) < 4.78 is 0. The molecular formula is C7H15ClN2O2. The summed E-state index contributed by atoms with van der Waals surface area (Å²) in [6, 6.07) is 0.358. The van der Waals surface area contributed by atoms with Crippen LogP contribution in [0.1, 0.15) is 13.3 Å². The molecule has 2 atom stereocenters. The molecule has 0 aromatic rings. The first-order valence-electron chi connectivity index (χ1n) is 3.83. The molecule has 72 valence electrons. The van der Waals surface area contributed by atoms with Crippen LogP contribution in [0.4, 0.5) is 0 Å². The third-order valence-electron chi connectivity index (χ3n) is 1.85. The molecule has 0 aromatic carbocycles. The topological polar surface area (TPSA) is 61.4 Å². The first-order valence-corrected chi connectivity index (χ1v) is 3.83. The SMILES string of the molecule is CC(=O)N[C@H]1CN[C@H](CO)C1.Cl. The molecule has 1 aliphatic heterocycles. The van der Waals surface area contributed by atoms with Crippen molar-refractivity contribution in [2.45, 2.75) is 25.4 Å². The van der Waals surface area contributed by atoms with E-state index in [9.17, 15) is 4.79 Å². The molecular weight excluding hydrogens is 180 g/mol. The summed E-state index contributed by atoms with van der Waals surface area (Å²) in [5, 5.41) is 14.6. The van der Waals surface area contributed by atoms with E-state index >= 15 is 0 Å². The average molecular weight is 195 g/mol. The predicted octanol–water partition coefficient (Wildman–Crippen LogP) is -0.733. The summed E-state index contributed by atoms with van der Waals surface area (Å²) in [5.41, 5.74) is 0. The third kappa shape index (κ3) is 3.38. The number of aliphatic hydroxyl groups is 1. The summed E-state index contributed by atoms with van der Waals surface area (Å²) in [6.45, 7) is 2.42. The molecule has 0 aromatic heterocycles. The molecule has 5 heteroatoms. The highest BCUT2D eigenvalue weighted by molar-refractivity contribution is 5.85. The van der Waals surface area contributed by atoms with Gasteiger partial charge in [-0.25, -0.2) is 0 Å². The van der Waals surface area contributed by atoms with Gasteiger partial charge in [-0.15, -0.1) is 12.4 Å². The summed E-state index contributed by atoms with van der Waals surface area (Å²) >= 11 is 0. The summed E-state index contributed by atoms with van der Waals surface area (Å²) in [7, 11) is 0. The van der Waals surface area contributed by atoms with Gasteiger partial charge in [-0.3, -0.25) is 4.79 Å². The van der Waals surface area contributed by atoms with Crippen molar-refractivity contribution >= 4 is 18.3 Å². The second-order valence-electron chi connectivity index (χ2n) is 2.92. The average Bonchev–Trinajstić information content (AvgIpc) is 2.34. The largest absolute Gasteiger partial charge is 0.395 e. The maximum Gasteiger partial charge on any atom is 0.217 e. The molecule has 1 heterocycles. The minimum atomic E-state index is -0.00427. The van der Waals surface area contributed by atoms with Crippen molar-refractivity contribution in [2.24, 2.45) is 0 Å². The van der Waals surface area contributed by atoms with E-state index in [1.54, 1.807) is 0 Å². The van der Waals surface area contributed by atoms with Crippen molar-refractivity contribution in [3.05, 3.63) is 0 Å². The van der Waals surface area contributed by atoms with Crippen molar-refractivity contribution in [3.8, 4) is 0 Å². The van der Waals surface area contributed by atoms with Crippen LogP contribution in [0, 0.1) is 0 Å². The van der Waals surface area contributed by atoms with E-state index in [2.05, 4.69) is 10.6 Å². The third-order valence-corrected chi connectivity index (χ3v) is 1.85. The Labute approximate surface area is 78.1 Å². The molecule has 4 nitrogen and oxygen atoms in total. The molecule has 0 saturated carbocycles. The van der Waals surface area contributed by atoms with Crippen LogP contribution in [0.2, 0.25) is 0 Å². The second kappa shape index (κ2) is 5.35. The first-order chi connectivity index (χ1) is 5.22. The van der Waals surface area contributed by atoms with E-state index in [-0.39, 0.29) is 37.0 Å². The zero-order valence-corrected chi connectivity index (χ0v) is 7.86. The minimum Gasteiger partial charge on any atom is -0.395 e. The van der Waals surface area contributed by atoms with Gasteiger partial charge in [0.15, 0.2) is 0 Å². The molecule has 1 aliphatic rings. The molecule has 1 fully saturated rings. The van der Waals surface area contributed by atoms with Gasteiger partial charge in [0.1, 0.15) is 0 Å². The lowest BCUT2D eigenvalue weighted by Gasteiger charge is -2.08. The van der Waals surface area contributed by atoms with Gasteiger partial charge in [0.25, 0.3) is 0 Å². The van der Waals surface area contributed by atoms with E-state index < -0.39 is 0 Å². The van der Waals surface area contributed by atoms with E-state index in [1.807, 2.05) is 0 Å². The van der Waals surface area contributed by atoms with Gasteiger partial charge >= 0.3 is 0 Å². The standard InChI is InChI=1S/C7H14N2O2.ClH/c1-5(11)9-6-2-7(4-10)8-3-6;/h6-8,10H,2-4H2,1H3,(H,9,11);1H/t6-,7+;/m1./s1. The van der Waals surface area contributed by atoms with Gasteiger partial charge in [0, 0.05) is 25.6 Å². The van der Waals surface area contributed by atoms with Crippen LogP contribution in [0.15, 0.2) is 0 Å². The summed E-state index contributed by atoms with van der Waals surface area (Å²) in [4.78, 5) is 10.6. The number of rotatable bonds is 2. The normalized spacial score (nSPS) is 27.8. The molecule has 3 N–H and O–H groups in total. The Balaban J connectivity index is 0.00000121. The number of aliphatic hydroxyl groups excluding tert-OH is 1. The van der Waals surface area contributed by atoms with Crippen molar-refractivity contribution < 1.29 is 9.90 Å². The van der Waals surface area contributed by atoms with E-state index in [0.717, 1.165) is 13.0 Å².